The van der Waals surface area contributed by atoms with Gasteiger partial charge in [0.05, 0.1) is 17.3 Å². The Morgan fingerprint density at radius 2 is 1.81 bits per heavy atom. The number of Topliss-reactive ketones (excluding diaryl/α,β-unsaturated/α-hetero) is 1. The molecule has 162 valence electrons. The molecule has 0 aliphatic carbocycles. The second-order valence-corrected chi connectivity index (χ2v) is 7.52. The van der Waals surface area contributed by atoms with Gasteiger partial charge in [-0.3, -0.25) is 23.7 Å². The number of carbonyl (C=O) groups excluding carboxylic acids is 3. The molecular formula is C23H22N6O3. The summed E-state index contributed by atoms with van der Waals surface area (Å²) in [6.07, 6.45) is 3.44. The van der Waals surface area contributed by atoms with Crippen LogP contribution in [0, 0.1) is 0 Å². The molecule has 0 radical (unpaired) electrons. The molecule has 2 aromatic heterocycles. The van der Waals surface area contributed by atoms with Gasteiger partial charge >= 0.3 is 0 Å². The zero-order valence-electron chi connectivity index (χ0n) is 17.6. The Morgan fingerprint density at radius 3 is 2.53 bits per heavy atom. The van der Waals surface area contributed by atoms with Gasteiger partial charge in [-0.2, -0.15) is 10.2 Å². The molecule has 0 fully saturated rings. The Hall–Kier alpha value is -4.27. The average Bonchev–Trinajstić information content (AvgIpc) is 3.36. The summed E-state index contributed by atoms with van der Waals surface area (Å²) in [6, 6.07) is 13.7. The van der Waals surface area contributed by atoms with Crippen LogP contribution < -0.4 is 11.1 Å². The largest absolute Gasteiger partial charge is 0.363 e. The third kappa shape index (κ3) is 4.00. The molecule has 0 saturated carbocycles. The predicted molar refractivity (Wildman–Crippen MR) is 119 cm³/mol. The number of hydrogen-bond acceptors (Lipinski definition) is 5. The number of nitrogens with one attached hydrogen (secondary N) is 1. The first-order valence-corrected chi connectivity index (χ1v) is 9.98. The van der Waals surface area contributed by atoms with E-state index in [0.29, 0.717) is 5.69 Å². The van der Waals surface area contributed by atoms with Crippen LogP contribution in [0.25, 0.3) is 22.2 Å². The van der Waals surface area contributed by atoms with Crippen molar-refractivity contribution in [2.45, 2.75) is 12.5 Å². The molecule has 2 heterocycles. The maximum atomic E-state index is 13.2. The first-order valence-electron chi connectivity index (χ1n) is 9.98. The molecule has 1 atom stereocenters. The number of nitrogens with two attached hydrogens (primary N) is 1. The van der Waals surface area contributed by atoms with E-state index < -0.39 is 23.6 Å². The lowest BCUT2D eigenvalue weighted by Crippen LogP contribution is -2.47. The molecule has 0 spiro atoms. The van der Waals surface area contributed by atoms with Crippen molar-refractivity contribution in [3.05, 3.63) is 72.1 Å². The minimum absolute atomic E-state index is 0.141. The third-order valence-electron chi connectivity index (χ3n) is 5.27. The summed E-state index contributed by atoms with van der Waals surface area (Å²) >= 11 is 0. The fourth-order valence-corrected chi connectivity index (χ4v) is 3.70. The summed E-state index contributed by atoms with van der Waals surface area (Å²) < 4.78 is 3.27. The molecule has 3 N–H and O–H groups in total. The maximum absolute atomic E-state index is 13.2. The molecule has 0 aliphatic rings. The molecule has 4 aromatic rings. The molecule has 32 heavy (non-hydrogen) atoms. The summed E-state index contributed by atoms with van der Waals surface area (Å²) in [4.78, 5) is 37.2. The molecular weight excluding hydrogens is 408 g/mol. The SMILES string of the molecule is Cn1cc(C(=O)NC(Cc2ccccc2)C(=O)C(N)=O)c(-c2cccc3c2cnn3C)n1. The van der Waals surface area contributed by atoms with Gasteiger partial charge in [0.2, 0.25) is 5.78 Å². The lowest BCUT2D eigenvalue weighted by Gasteiger charge is -2.16. The van der Waals surface area contributed by atoms with Crippen LogP contribution in [0.2, 0.25) is 0 Å². The number of hydrogen-bond donors (Lipinski definition) is 2. The van der Waals surface area contributed by atoms with Crippen molar-refractivity contribution < 1.29 is 14.4 Å². The van der Waals surface area contributed by atoms with Crippen molar-refractivity contribution in [2.75, 3.05) is 0 Å². The van der Waals surface area contributed by atoms with Crippen LogP contribution >= 0.6 is 0 Å². The van der Waals surface area contributed by atoms with Crippen molar-refractivity contribution >= 4 is 28.5 Å². The fourth-order valence-electron chi connectivity index (χ4n) is 3.70. The Labute approximate surface area is 183 Å². The summed E-state index contributed by atoms with van der Waals surface area (Å²) in [7, 11) is 3.54. The van der Waals surface area contributed by atoms with Gasteiger partial charge in [-0.1, -0.05) is 42.5 Å². The number of aryl methyl sites for hydroxylation is 2. The lowest BCUT2D eigenvalue weighted by atomic mass is 10.0. The van der Waals surface area contributed by atoms with E-state index in [9.17, 15) is 14.4 Å². The summed E-state index contributed by atoms with van der Waals surface area (Å²) in [5.41, 5.74) is 8.38. The molecule has 2 aromatic carbocycles. The van der Waals surface area contributed by atoms with Crippen LogP contribution in [0.5, 0.6) is 0 Å². The van der Waals surface area contributed by atoms with Crippen LogP contribution in [-0.4, -0.2) is 43.2 Å². The van der Waals surface area contributed by atoms with E-state index in [2.05, 4.69) is 15.5 Å². The number of primary amides is 1. The second-order valence-electron chi connectivity index (χ2n) is 7.52. The highest BCUT2D eigenvalue weighted by atomic mass is 16.2. The van der Waals surface area contributed by atoms with Crippen molar-refractivity contribution in [3.63, 3.8) is 0 Å². The molecule has 0 bridgehead atoms. The van der Waals surface area contributed by atoms with Gasteiger partial charge in [0.1, 0.15) is 11.7 Å². The first-order chi connectivity index (χ1) is 15.3. The van der Waals surface area contributed by atoms with Crippen LogP contribution in [0.4, 0.5) is 0 Å². The van der Waals surface area contributed by atoms with Crippen LogP contribution in [0.15, 0.2) is 60.9 Å². The highest BCUT2D eigenvalue weighted by Crippen LogP contribution is 2.29. The van der Waals surface area contributed by atoms with Crippen molar-refractivity contribution in [1.82, 2.24) is 24.9 Å². The molecule has 4 rings (SSSR count). The summed E-state index contributed by atoms with van der Waals surface area (Å²) in [5, 5.41) is 12.3. The number of benzene rings is 2. The number of nitrogens with zero attached hydrogens (tertiary/aromatic N) is 4. The van der Waals surface area contributed by atoms with Crippen molar-refractivity contribution in [3.8, 4) is 11.3 Å². The van der Waals surface area contributed by atoms with Gasteiger partial charge in [-0.05, 0) is 11.6 Å². The predicted octanol–water partition coefficient (Wildman–Crippen LogP) is 1.37. The monoisotopic (exact) mass is 430 g/mol. The number of rotatable bonds is 7. The number of ketones is 1. The van der Waals surface area contributed by atoms with E-state index in [1.54, 1.807) is 24.1 Å². The van der Waals surface area contributed by atoms with Gasteiger partial charge in [0.25, 0.3) is 11.8 Å². The van der Waals surface area contributed by atoms with Crippen molar-refractivity contribution in [1.29, 1.82) is 0 Å². The smallest absolute Gasteiger partial charge is 0.287 e. The van der Waals surface area contributed by atoms with Gasteiger partial charge in [-0.15, -0.1) is 0 Å². The van der Waals surface area contributed by atoms with E-state index >= 15 is 0 Å². The van der Waals surface area contributed by atoms with Gasteiger partial charge in [0.15, 0.2) is 0 Å². The first kappa shape index (κ1) is 21.0. The van der Waals surface area contributed by atoms with Gasteiger partial charge < -0.3 is 11.1 Å². The zero-order valence-corrected chi connectivity index (χ0v) is 17.6. The Kier molecular flexibility index (Phi) is 5.55. The summed E-state index contributed by atoms with van der Waals surface area (Å²) in [5.74, 6) is -2.48. The molecule has 1 unspecified atom stereocenters. The number of amides is 2. The molecule has 9 heteroatoms. The Morgan fingerprint density at radius 1 is 1.06 bits per heavy atom. The van der Waals surface area contributed by atoms with E-state index in [-0.39, 0.29) is 12.0 Å². The normalized spacial score (nSPS) is 11.9. The average molecular weight is 430 g/mol. The van der Waals surface area contributed by atoms with Crippen molar-refractivity contribution in [2.24, 2.45) is 19.8 Å². The molecule has 2 amide bonds. The van der Waals surface area contributed by atoms with Crippen LogP contribution in [-0.2, 0) is 30.1 Å². The van der Waals surface area contributed by atoms with E-state index in [0.717, 1.165) is 22.0 Å². The number of fused-ring (bicyclic) bond motifs is 1. The lowest BCUT2D eigenvalue weighted by molar-refractivity contribution is -0.137. The minimum Gasteiger partial charge on any atom is -0.363 e. The van der Waals surface area contributed by atoms with Crippen LogP contribution in [0.1, 0.15) is 15.9 Å². The summed E-state index contributed by atoms with van der Waals surface area (Å²) in [6.45, 7) is 0. The Balaban J connectivity index is 1.69. The number of aromatic nitrogens is 4. The standard InChI is InChI=1S/C23H22N6O3/c1-28-13-17(20(27-28)15-9-6-10-19-16(15)12-25-29(19)2)23(32)26-18(21(30)22(24)31)11-14-7-4-3-5-8-14/h3-10,12-13,18H,11H2,1-2H3,(H2,24,31)(H,26,32). The highest BCUT2D eigenvalue weighted by Gasteiger charge is 2.28. The molecule has 9 nitrogen and oxygen atoms in total. The second kappa shape index (κ2) is 8.46. The van der Waals surface area contributed by atoms with E-state index in [1.165, 1.54) is 4.68 Å². The highest BCUT2D eigenvalue weighted by molar-refractivity contribution is 6.38. The topological polar surface area (TPSA) is 125 Å². The quantitative estimate of drug-likeness (QED) is 0.429. The third-order valence-corrected chi connectivity index (χ3v) is 5.27. The fraction of sp³-hybridized carbons (Fsp3) is 0.174. The van der Waals surface area contributed by atoms with Gasteiger partial charge in [-0.25, -0.2) is 0 Å². The van der Waals surface area contributed by atoms with E-state index in [4.69, 9.17) is 5.73 Å². The molecule has 0 aliphatic heterocycles. The number of carbonyl (C=O) groups is 3. The van der Waals surface area contributed by atoms with Gasteiger partial charge in [0, 0.05) is 37.7 Å². The minimum atomic E-state index is -1.10. The molecule has 0 saturated heterocycles. The maximum Gasteiger partial charge on any atom is 0.287 e. The van der Waals surface area contributed by atoms with E-state index in [1.807, 2.05) is 55.6 Å². The van der Waals surface area contributed by atoms with Crippen LogP contribution in [0.3, 0.4) is 0 Å². The zero-order chi connectivity index (χ0) is 22.8. The Bertz CT molecular complexity index is 1320.